The van der Waals surface area contributed by atoms with Gasteiger partial charge in [0.1, 0.15) is 6.54 Å². The number of hydrogen-bond donors (Lipinski definition) is 1. The Balaban J connectivity index is 2.49. The van der Waals surface area contributed by atoms with Crippen LogP contribution >= 0.6 is 0 Å². The smallest absolute Gasteiger partial charge is 0.323 e. The highest BCUT2D eigenvalue weighted by atomic mass is 16.5. The zero-order valence-electron chi connectivity index (χ0n) is 12.4. The molecule has 21 heavy (non-hydrogen) atoms. The number of methoxy groups -OCH3 is 1. The van der Waals surface area contributed by atoms with E-state index in [0.717, 1.165) is 0 Å². The summed E-state index contributed by atoms with van der Waals surface area (Å²) in [6.45, 7) is 2.23. The van der Waals surface area contributed by atoms with Crippen molar-refractivity contribution in [2.45, 2.75) is 19.8 Å². The lowest BCUT2D eigenvalue weighted by Gasteiger charge is -2.20. The molecule has 1 aromatic carbocycles. The third kappa shape index (κ3) is 5.72. The van der Waals surface area contributed by atoms with E-state index in [0.29, 0.717) is 24.5 Å². The molecule has 116 valence electrons. The van der Waals surface area contributed by atoms with Crippen LogP contribution in [0.1, 0.15) is 19.8 Å². The molecule has 0 aliphatic heterocycles. The van der Waals surface area contributed by atoms with Crippen LogP contribution in [0.4, 0.5) is 0 Å². The summed E-state index contributed by atoms with van der Waals surface area (Å²) in [5, 5.41) is 8.79. The molecule has 0 aliphatic rings. The first-order valence-electron chi connectivity index (χ1n) is 6.83. The van der Waals surface area contributed by atoms with Crippen LogP contribution in [0.3, 0.4) is 0 Å². The molecule has 0 radical (unpaired) electrons. The predicted octanol–water partition coefficient (Wildman–Crippen LogP) is 1.79. The molecule has 0 aromatic heterocycles. The van der Waals surface area contributed by atoms with Gasteiger partial charge in [-0.05, 0) is 18.6 Å². The molecule has 1 amide bonds. The van der Waals surface area contributed by atoms with Crippen molar-refractivity contribution in [2.75, 3.05) is 26.8 Å². The van der Waals surface area contributed by atoms with Crippen molar-refractivity contribution < 1.29 is 24.2 Å². The van der Waals surface area contributed by atoms with Gasteiger partial charge in [-0.3, -0.25) is 9.59 Å². The van der Waals surface area contributed by atoms with Crippen molar-refractivity contribution in [3.05, 3.63) is 24.3 Å². The van der Waals surface area contributed by atoms with Crippen molar-refractivity contribution in [1.82, 2.24) is 4.90 Å². The van der Waals surface area contributed by atoms with Crippen LogP contribution in [-0.2, 0) is 9.59 Å². The van der Waals surface area contributed by atoms with E-state index in [1.165, 1.54) is 4.90 Å². The second-order valence-electron chi connectivity index (χ2n) is 4.46. The summed E-state index contributed by atoms with van der Waals surface area (Å²) >= 11 is 0. The molecule has 0 spiro atoms. The number of hydrogen-bond acceptors (Lipinski definition) is 4. The lowest BCUT2D eigenvalue weighted by atomic mass is 10.3. The number of para-hydroxylation sites is 2. The first-order chi connectivity index (χ1) is 10.1. The van der Waals surface area contributed by atoms with Gasteiger partial charge in [-0.1, -0.05) is 19.1 Å². The molecule has 0 saturated heterocycles. The molecule has 6 heteroatoms. The lowest BCUT2D eigenvalue weighted by Crippen LogP contribution is -2.36. The van der Waals surface area contributed by atoms with Crippen molar-refractivity contribution >= 4 is 11.9 Å². The van der Waals surface area contributed by atoms with Crippen molar-refractivity contribution in [1.29, 1.82) is 0 Å². The largest absolute Gasteiger partial charge is 0.493 e. The highest BCUT2D eigenvalue weighted by Gasteiger charge is 2.16. The number of carboxylic acids is 1. The average Bonchev–Trinajstić information content (AvgIpc) is 2.46. The molecule has 0 atom stereocenters. The fourth-order valence-electron chi connectivity index (χ4n) is 1.87. The van der Waals surface area contributed by atoms with Gasteiger partial charge in [0.25, 0.3) is 0 Å². The van der Waals surface area contributed by atoms with E-state index in [2.05, 4.69) is 0 Å². The fraction of sp³-hybridized carbons (Fsp3) is 0.467. The number of rotatable bonds is 9. The maximum Gasteiger partial charge on any atom is 0.323 e. The van der Waals surface area contributed by atoms with Crippen molar-refractivity contribution in [3.63, 3.8) is 0 Å². The van der Waals surface area contributed by atoms with Gasteiger partial charge < -0.3 is 19.5 Å². The number of carboxylic acid groups (broad SMARTS) is 1. The molecule has 0 bridgehead atoms. The number of amides is 1. The van der Waals surface area contributed by atoms with Gasteiger partial charge in [0.2, 0.25) is 5.91 Å². The number of benzene rings is 1. The van der Waals surface area contributed by atoms with Crippen LogP contribution in [0.5, 0.6) is 11.5 Å². The maximum atomic E-state index is 12.0. The van der Waals surface area contributed by atoms with Crippen LogP contribution in [0.25, 0.3) is 0 Å². The highest BCUT2D eigenvalue weighted by molar-refractivity contribution is 5.81. The SMILES string of the molecule is CCCN(CC(=O)O)C(=O)CCOc1ccccc1OC. The molecular weight excluding hydrogens is 274 g/mol. The van der Waals surface area contributed by atoms with Gasteiger partial charge in [0.15, 0.2) is 11.5 Å². The highest BCUT2D eigenvalue weighted by Crippen LogP contribution is 2.25. The molecular formula is C15H21NO5. The summed E-state index contributed by atoms with van der Waals surface area (Å²) in [5.41, 5.74) is 0. The molecule has 0 heterocycles. The number of carbonyl (C=O) groups excluding carboxylic acids is 1. The van der Waals surface area contributed by atoms with Gasteiger partial charge in [-0.25, -0.2) is 0 Å². The van der Waals surface area contributed by atoms with E-state index in [9.17, 15) is 9.59 Å². The van der Waals surface area contributed by atoms with Crippen LogP contribution in [0.2, 0.25) is 0 Å². The molecule has 0 aliphatic carbocycles. The Morgan fingerprint density at radius 1 is 1.24 bits per heavy atom. The van der Waals surface area contributed by atoms with E-state index < -0.39 is 5.97 Å². The van der Waals surface area contributed by atoms with Crippen LogP contribution in [-0.4, -0.2) is 48.7 Å². The molecule has 0 saturated carbocycles. The van der Waals surface area contributed by atoms with E-state index in [1.54, 1.807) is 19.2 Å². The Morgan fingerprint density at radius 2 is 1.90 bits per heavy atom. The van der Waals surface area contributed by atoms with Gasteiger partial charge in [0, 0.05) is 6.54 Å². The van der Waals surface area contributed by atoms with E-state index in [4.69, 9.17) is 14.6 Å². The summed E-state index contributed by atoms with van der Waals surface area (Å²) in [6, 6.07) is 7.16. The Kier molecular flexibility index (Phi) is 7.08. The predicted molar refractivity (Wildman–Crippen MR) is 77.6 cm³/mol. The lowest BCUT2D eigenvalue weighted by molar-refractivity contribution is -0.144. The Labute approximate surface area is 124 Å². The molecule has 1 aromatic rings. The van der Waals surface area contributed by atoms with Gasteiger partial charge >= 0.3 is 5.97 Å². The minimum absolute atomic E-state index is 0.130. The summed E-state index contributed by atoms with van der Waals surface area (Å²) in [5.74, 6) is -0.0782. The molecule has 1 rings (SSSR count). The minimum atomic E-state index is -1.01. The zero-order valence-corrected chi connectivity index (χ0v) is 12.4. The van der Waals surface area contributed by atoms with Crippen LogP contribution in [0.15, 0.2) is 24.3 Å². The average molecular weight is 295 g/mol. The molecule has 0 unspecified atom stereocenters. The third-order valence-electron chi connectivity index (χ3n) is 2.81. The number of carbonyl (C=O) groups is 2. The van der Waals surface area contributed by atoms with Gasteiger partial charge in [-0.15, -0.1) is 0 Å². The first kappa shape index (κ1) is 16.8. The number of ether oxygens (including phenoxy) is 2. The standard InChI is InChI=1S/C15H21NO5/c1-3-9-16(11-15(18)19)14(17)8-10-21-13-7-5-4-6-12(13)20-2/h4-7H,3,8-11H2,1-2H3,(H,18,19). The molecule has 0 fully saturated rings. The summed E-state index contributed by atoms with van der Waals surface area (Å²) in [6.07, 6.45) is 0.845. The monoisotopic (exact) mass is 295 g/mol. The normalized spacial score (nSPS) is 10.0. The number of aliphatic carboxylic acids is 1. The zero-order chi connectivity index (χ0) is 15.7. The number of nitrogens with zero attached hydrogens (tertiary/aromatic N) is 1. The minimum Gasteiger partial charge on any atom is -0.493 e. The second-order valence-corrected chi connectivity index (χ2v) is 4.46. The topological polar surface area (TPSA) is 76.1 Å². The van der Waals surface area contributed by atoms with Crippen molar-refractivity contribution in [2.24, 2.45) is 0 Å². The summed E-state index contributed by atoms with van der Waals surface area (Å²) < 4.78 is 10.7. The van der Waals surface area contributed by atoms with E-state index in [-0.39, 0.29) is 25.5 Å². The van der Waals surface area contributed by atoms with Gasteiger partial charge in [0.05, 0.1) is 20.1 Å². The van der Waals surface area contributed by atoms with E-state index in [1.807, 2.05) is 19.1 Å². The Bertz CT molecular complexity index is 475. The summed E-state index contributed by atoms with van der Waals surface area (Å²) in [4.78, 5) is 24.0. The van der Waals surface area contributed by atoms with Crippen LogP contribution in [0, 0.1) is 0 Å². The summed E-state index contributed by atoms with van der Waals surface area (Å²) in [7, 11) is 1.54. The van der Waals surface area contributed by atoms with Crippen LogP contribution < -0.4 is 9.47 Å². The van der Waals surface area contributed by atoms with Crippen molar-refractivity contribution in [3.8, 4) is 11.5 Å². The molecule has 1 N–H and O–H groups in total. The maximum absolute atomic E-state index is 12.0. The first-order valence-corrected chi connectivity index (χ1v) is 6.83. The molecule has 6 nitrogen and oxygen atoms in total. The third-order valence-corrected chi connectivity index (χ3v) is 2.81. The Morgan fingerprint density at radius 3 is 2.48 bits per heavy atom. The Hall–Kier alpha value is -2.24. The van der Waals surface area contributed by atoms with E-state index >= 15 is 0 Å². The van der Waals surface area contributed by atoms with Gasteiger partial charge in [-0.2, -0.15) is 0 Å². The fourth-order valence-corrected chi connectivity index (χ4v) is 1.87. The second kappa shape index (κ2) is 8.84. The quantitative estimate of drug-likeness (QED) is 0.751.